The summed E-state index contributed by atoms with van der Waals surface area (Å²) in [6.45, 7) is 0. The van der Waals surface area contributed by atoms with Gasteiger partial charge in [0.25, 0.3) is 0 Å². The van der Waals surface area contributed by atoms with Gasteiger partial charge in [0.05, 0.1) is 5.41 Å². The van der Waals surface area contributed by atoms with E-state index >= 15 is 0 Å². The Kier molecular flexibility index (Phi) is 6.40. The molecule has 0 atom stereocenters. The summed E-state index contributed by atoms with van der Waals surface area (Å²) in [4.78, 5) is 12.8. The molecule has 0 aromatic heterocycles. The molecule has 0 aliphatic rings. The molecule has 0 N–H and O–H groups in total. The van der Waals surface area contributed by atoms with Crippen molar-refractivity contribution in [2.75, 3.05) is 0 Å². The molecule has 170 valence electrons. The number of para-hydroxylation sites is 2. The van der Waals surface area contributed by atoms with E-state index in [0.29, 0.717) is 11.5 Å². The fourth-order valence-corrected chi connectivity index (χ4v) is 4.59. The van der Waals surface area contributed by atoms with Crippen LogP contribution in [0.2, 0.25) is 0 Å². The number of carbonyl (C=O) groups is 1. The third kappa shape index (κ3) is 4.44. The van der Waals surface area contributed by atoms with E-state index in [1.165, 1.54) is 0 Å². The van der Waals surface area contributed by atoms with Gasteiger partial charge in [-0.05, 0) is 34.9 Å². The maximum Gasteiger partial charge on any atom is 0.519 e. The summed E-state index contributed by atoms with van der Waals surface area (Å²) in [5, 5.41) is 0. The van der Waals surface area contributed by atoms with Crippen LogP contribution in [0.3, 0.4) is 0 Å². The Hall–Kier alpha value is -4.63. The average molecular weight is 457 g/mol. The molecule has 5 aromatic carbocycles. The lowest BCUT2D eigenvalue weighted by Gasteiger charge is -2.37. The van der Waals surface area contributed by atoms with Crippen molar-refractivity contribution in [2.24, 2.45) is 0 Å². The van der Waals surface area contributed by atoms with Gasteiger partial charge in [0.1, 0.15) is 11.5 Å². The smallest absolute Gasteiger partial charge is 0.395 e. The Morgan fingerprint density at radius 1 is 0.457 bits per heavy atom. The molecule has 3 heteroatoms. The standard InChI is InChI=1S/C32H24O3/c33-31(34-28-21-11-4-12-22-28)35-30-24-14-13-23-29(30)32(25-15-5-1-6-16-25,26-17-7-2-8-18-26)27-19-9-3-10-20-27/h1-24H. The first-order chi connectivity index (χ1) is 17.3. The number of rotatable bonds is 6. The van der Waals surface area contributed by atoms with E-state index in [4.69, 9.17) is 9.47 Å². The van der Waals surface area contributed by atoms with Crippen LogP contribution in [-0.4, -0.2) is 6.16 Å². The molecule has 5 rings (SSSR count). The summed E-state index contributed by atoms with van der Waals surface area (Å²) in [7, 11) is 0. The number of ether oxygens (including phenoxy) is 2. The van der Waals surface area contributed by atoms with E-state index < -0.39 is 11.6 Å². The molecular formula is C32H24O3. The molecule has 0 aliphatic carbocycles. The summed E-state index contributed by atoms with van der Waals surface area (Å²) in [5.41, 5.74) is 3.29. The molecule has 0 radical (unpaired) electrons. The number of hydrogen-bond acceptors (Lipinski definition) is 3. The molecule has 0 saturated carbocycles. The molecule has 0 bridgehead atoms. The molecule has 5 aromatic rings. The maximum absolute atomic E-state index is 12.8. The minimum atomic E-state index is -0.785. The normalized spacial score (nSPS) is 11.0. The highest BCUT2D eigenvalue weighted by Crippen LogP contribution is 2.48. The Morgan fingerprint density at radius 3 is 1.34 bits per heavy atom. The van der Waals surface area contributed by atoms with Crippen LogP contribution in [0, 0.1) is 0 Å². The van der Waals surface area contributed by atoms with Gasteiger partial charge in [-0.2, -0.15) is 0 Å². The van der Waals surface area contributed by atoms with Crippen molar-refractivity contribution in [1.29, 1.82) is 0 Å². The first-order valence-corrected chi connectivity index (χ1v) is 11.5. The average Bonchev–Trinajstić information content (AvgIpc) is 2.92. The van der Waals surface area contributed by atoms with Crippen LogP contribution in [0.4, 0.5) is 4.79 Å². The Morgan fingerprint density at radius 2 is 0.857 bits per heavy atom. The van der Waals surface area contributed by atoms with Crippen molar-refractivity contribution in [1.82, 2.24) is 0 Å². The van der Waals surface area contributed by atoms with Gasteiger partial charge in [-0.3, -0.25) is 0 Å². The van der Waals surface area contributed by atoms with Crippen molar-refractivity contribution in [2.45, 2.75) is 5.41 Å². The largest absolute Gasteiger partial charge is 0.519 e. The van der Waals surface area contributed by atoms with Crippen LogP contribution in [0.1, 0.15) is 22.3 Å². The minimum absolute atomic E-state index is 0.426. The predicted octanol–water partition coefficient (Wildman–Crippen LogP) is 7.65. The van der Waals surface area contributed by atoms with Gasteiger partial charge < -0.3 is 9.47 Å². The lowest BCUT2D eigenvalue weighted by Crippen LogP contribution is -2.32. The SMILES string of the molecule is O=C(Oc1ccccc1)Oc1ccccc1C(c1ccccc1)(c1ccccc1)c1ccccc1. The molecular weight excluding hydrogens is 432 g/mol. The zero-order valence-corrected chi connectivity index (χ0v) is 19.1. The van der Waals surface area contributed by atoms with Crippen LogP contribution in [-0.2, 0) is 5.41 Å². The summed E-state index contributed by atoms with van der Waals surface area (Å²) < 4.78 is 11.3. The van der Waals surface area contributed by atoms with Crippen molar-refractivity contribution in [3.8, 4) is 11.5 Å². The van der Waals surface area contributed by atoms with Crippen LogP contribution in [0.15, 0.2) is 146 Å². The minimum Gasteiger partial charge on any atom is -0.395 e. The summed E-state index contributed by atoms with van der Waals surface area (Å²) in [6, 6.07) is 47.4. The summed E-state index contributed by atoms with van der Waals surface area (Å²) >= 11 is 0. The third-order valence-corrected chi connectivity index (χ3v) is 6.05. The zero-order chi connectivity index (χ0) is 23.9. The van der Waals surface area contributed by atoms with E-state index in [0.717, 1.165) is 22.3 Å². The first-order valence-electron chi connectivity index (χ1n) is 11.5. The van der Waals surface area contributed by atoms with Gasteiger partial charge in [0, 0.05) is 5.56 Å². The second kappa shape index (κ2) is 10.1. The zero-order valence-electron chi connectivity index (χ0n) is 19.1. The van der Waals surface area contributed by atoms with Crippen LogP contribution >= 0.6 is 0 Å². The highest BCUT2D eigenvalue weighted by molar-refractivity contribution is 5.70. The van der Waals surface area contributed by atoms with E-state index in [-0.39, 0.29) is 0 Å². The van der Waals surface area contributed by atoms with E-state index in [1.807, 2.05) is 97.1 Å². The van der Waals surface area contributed by atoms with Gasteiger partial charge in [0.15, 0.2) is 0 Å². The fourth-order valence-electron chi connectivity index (χ4n) is 4.59. The molecule has 35 heavy (non-hydrogen) atoms. The Bertz CT molecular complexity index is 1290. The van der Waals surface area contributed by atoms with E-state index in [9.17, 15) is 4.79 Å². The van der Waals surface area contributed by atoms with E-state index in [2.05, 4.69) is 36.4 Å². The highest BCUT2D eigenvalue weighted by atomic mass is 16.7. The van der Waals surface area contributed by atoms with Gasteiger partial charge in [-0.15, -0.1) is 0 Å². The molecule has 0 heterocycles. The maximum atomic E-state index is 12.8. The number of benzene rings is 5. The predicted molar refractivity (Wildman–Crippen MR) is 138 cm³/mol. The third-order valence-electron chi connectivity index (χ3n) is 6.05. The van der Waals surface area contributed by atoms with Crippen molar-refractivity contribution in [3.63, 3.8) is 0 Å². The molecule has 0 saturated heterocycles. The molecule has 0 aliphatic heterocycles. The molecule has 0 fully saturated rings. The van der Waals surface area contributed by atoms with Gasteiger partial charge in [-0.25, -0.2) is 4.79 Å². The monoisotopic (exact) mass is 456 g/mol. The molecule has 0 amide bonds. The number of hydrogen-bond donors (Lipinski definition) is 0. The second-order valence-electron chi connectivity index (χ2n) is 8.11. The lowest BCUT2D eigenvalue weighted by molar-refractivity contribution is 0.151. The molecule has 3 nitrogen and oxygen atoms in total. The number of carbonyl (C=O) groups excluding carboxylic acids is 1. The van der Waals surface area contributed by atoms with Crippen LogP contribution in [0.5, 0.6) is 11.5 Å². The van der Waals surface area contributed by atoms with Crippen molar-refractivity contribution >= 4 is 6.16 Å². The molecule has 0 unspecified atom stereocenters. The topological polar surface area (TPSA) is 35.5 Å². The highest BCUT2D eigenvalue weighted by Gasteiger charge is 2.40. The van der Waals surface area contributed by atoms with Crippen LogP contribution < -0.4 is 9.47 Å². The van der Waals surface area contributed by atoms with Crippen molar-refractivity contribution in [3.05, 3.63) is 168 Å². The summed E-state index contributed by atoms with van der Waals surface area (Å²) in [5.74, 6) is 0.861. The second-order valence-corrected chi connectivity index (χ2v) is 8.11. The summed E-state index contributed by atoms with van der Waals surface area (Å²) in [6.07, 6.45) is -0.785. The fraction of sp³-hybridized carbons (Fsp3) is 0.0312. The van der Waals surface area contributed by atoms with Crippen LogP contribution in [0.25, 0.3) is 0 Å². The van der Waals surface area contributed by atoms with Gasteiger partial charge in [0.2, 0.25) is 0 Å². The Labute approximate surface area is 205 Å². The quantitative estimate of drug-likeness (QED) is 0.150. The van der Waals surface area contributed by atoms with E-state index in [1.54, 1.807) is 12.1 Å². The molecule has 0 spiro atoms. The van der Waals surface area contributed by atoms with Gasteiger partial charge >= 0.3 is 6.16 Å². The van der Waals surface area contributed by atoms with Gasteiger partial charge in [-0.1, -0.05) is 127 Å². The first kappa shape index (κ1) is 22.2. The lowest BCUT2D eigenvalue weighted by atomic mass is 9.65. The van der Waals surface area contributed by atoms with Crippen molar-refractivity contribution < 1.29 is 14.3 Å². The Balaban J connectivity index is 1.71.